The molecule has 7 heteroatoms. The number of benzene rings is 1. The van der Waals surface area contributed by atoms with Crippen LogP contribution < -0.4 is 5.48 Å². The molecule has 1 amide bonds. The van der Waals surface area contributed by atoms with Gasteiger partial charge in [0.1, 0.15) is 11.5 Å². The standard InChI is InChI=1S/C16H11Cl2NO4/c17-10-1-6-14(18)13(9-10)15(20)7-4-11-2-3-12(23-11)5-8-16(21)19-22/h1-9,22H,(H,19,21)/b7-4+,8-5+. The third-order valence-corrected chi connectivity index (χ3v) is 3.31. The second kappa shape index (κ2) is 7.78. The normalized spacial score (nSPS) is 11.3. The summed E-state index contributed by atoms with van der Waals surface area (Å²) in [6, 6.07) is 7.86. The van der Waals surface area contributed by atoms with Crippen LogP contribution in [-0.4, -0.2) is 16.9 Å². The average molecular weight is 352 g/mol. The minimum absolute atomic E-state index is 0.293. The fourth-order valence-electron chi connectivity index (χ4n) is 1.68. The van der Waals surface area contributed by atoms with Gasteiger partial charge in [-0.1, -0.05) is 23.2 Å². The lowest BCUT2D eigenvalue weighted by molar-refractivity contribution is -0.124. The van der Waals surface area contributed by atoms with Crippen LogP contribution >= 0.6 is 23.2 Å². The fraction of sp³-hybridized carbons (Fsp3) is 0. The second-order valence-corrected chi connectivity index (χ2v) is 5.21. The zero-order valence-corrected chi connectivity index (χ0v) is 13.1. The number of ketones is 1. The van der Waals surface area contributed by atoms with Crippen molar-refractivity contribution in [1.82, 2.24) is 5.48 Å². The van der Waals surface area contributed by atoms with Crippen molar-refractivity contribution in [2.75, 3.05) is 0 Å². The van der Waals surface area contributed by atoms with E-state index in [0.717, 1.165) is 6.08 Å². The maximum atomic E-state index is 12.1. The lowest BCUT2D eigenvalue weighted by atomic mass is 10.1. The van der Waals surface area contributed by atoms with Crippen LogP contribution in [0.2, 0.25) is 10.0 Å². The number of carbonyl (C=O) groups is 2. The molecule has 23 heavy (non-hydrogen) atoms. The molecule has 0 atom stereocenters. The minimum Gasteiger partial charge on any atom is -0.457 e. The molecule has 0 bridgehead atoms. The first kappa shape index (κ1) is 17.0. The zero-order chi connectivity index (χ0) is 16.8. The summed E-state index contributed by atoms with van der Waals surface area (Å²) in [5.74, 6) is -0.183. The van der Waals surface area contributed by atoms with Gasteiger partial charge in [0.15, 0.2) is 5.78 Å². The SMILES string of the molecule is O=C(/C=C/c1ccc(/C=C/C(=O)c2cc(Cl)ccc2Cl)o1)NO. The highest BCUT2D eigenvalue weighted by Crippen LogP contribution is 2.22. The summed E-state index contributed by atoms with van der Waals surface area (Å²) < 4.78 is 5.37. The molecule has 0 unspecified atom stereocenters. The molecule has 0 spiro atoms. The molecule has 0 fully saturated rings. The van der Waals surface area contributed by atoms with Crippen LogP contribution in [0, 0.1) is 0 Å². The van der Waals surface area contributed by atoms with Crippen molar-refractivity contribution < 1.29 is 19.2 Å². The maximum absolute atomic E-state index is 12.1. The third-order valence-electron chi connectivity index (χ3n) is 2.75. The van der Waals surface area contributed by atoms with Gasteiger partial charge < -0.3 is 4.42 Å². The lowest BCUT2D eigenvalue weighted by Gasteiger charge is -2.00. The highest BCUT2D eigenvalue weighted by Gasteiger charge is 2.08. The van der Waals surface area contributed by atoms with Gasteiger partial charge in [0.25, 0.3) is 5.91 Å². The summed E-state index contributed by atoms with van der Waals surface area (Å²) in [7, 11) is 0. The minimum atomic E-state index is -0.677. The maximum Gasteiger partial charge on any atom is 0.267 e. The molecule has 2 aromatic rings. The molecule has 1 heterocycles. The van der Waals surface area contributed by atoms with Crippen molar-refractivity contribution in [3.8, 4) is 0 Å². The number of hydrogen-bond donors (Lipinski definition) is 2. The molecular weight excluding hydrogens is 341 g/mol. The number of nitrogens with one attached hydrogen (secondary N) is 1. The molecule has 118 valence electrons. The molecule has 2 N–H and O–H groups in total. The molecule has 2 rings (SSSR count). The van der Waals surface area contributed by atoms with Crippen molar-refractivity contribution in [1.29, 1.82) is 0 Å². The van der Waals surface area contributed by atoms with Crippen molar-refractivity contribution in [3.63, 3.8) is 0 Å². The molecule has 0 aliphatic heterocycles. The highest BCUT2D eigenvalue weighted by atomic mass is 35.5. The molecule has 5 nitrogen and oxygen atoms in total. The quantitative estimate of drug-likeness (QED) is 0.369. The smallest absolute Gasteiger partial charge is 0.267 e. The van der Waals surface area contributed by atoms with Gasteiger partial charge in [0, 0.05) is 16.7 Å². The van der Waals surface area contributed by atoms with E-state index in [9.17, 15) is 9.59 Å². The van der Waals surface area contributed by atoms with E-state index in [-0.39, 0.29) is 5.78 Å². The summed E-state index contributed by atoms with van der Waals surface area (Å²) in [5, 5.41) is 9.09. The number of carbonyl (C=O) groups excluding carboxylic acids is 2. The van der Waals surface area contributed by atoms with Gasteiger partial charge in [0.05, 0.1) is 5.02 Å². The Morgan fingerprint density at radius 2 is 1.70 bits per heavy atom. The van der Waals surface area contributed by atoms with E-state index >= 15 is 0 Å². The molecule has 0 aliphatic rings. The summed E-state index contributed by atoms with van der Waals surface area (Å²) in [6.45, 7) is 0. The van der Waals surface area contributed by atoms with Crippen LogP contribution in [0.15, 0.2) is 46.9 Å². The number of furan rings is 1. The second-order valence-electron chi connectivity index (χ2n) is 4.37. The number of allylic oxidation sites excluding steroid dienone is 1. The van der Waals surface area contributed by atoms with Crippen molar-refractivity contribution in [2.45, 2.75) is 0 Å². The van der Waals surface area contributed by atoms with Gasteiger partial charge >= 0.3 is 0 Å². The number of halogens is 2. The van der Waals surface area contributed by atoms with Crippen molar-refractivity contribution in [3.05, 3.63) is 69.6 Å². The Bertz CT molecular complexity index is 793. The molecule has 1 aromatic heterocycles. The molecule has 0 aliphatic carbocycles. The number of amides is 1. The average Bonchev–Trinajstić information content (AvgIpc) is 3.00. The lowest BCUT2D eigenvalue weighted by Crippen LogP contribution is -2.14. The van der Waals surface area contributed by atoms with Crippen LogP contribution in [0.4, 0.5) is 0 Å². The van der Waals surface area contributed by atoms with Crippen LogP contribution in [0.1, 0.15) is 21.9 Å². The highest BCUT2D eigenvalue weighted by molar-refractivity contribution is 6.36. The molecule has 0 saturated carbocycles. The van der Waals surface area contributed by atoms with E-state index < -0.39 is 5.91 Å². The van der Waals surface area contributed by atoms with Crippen LogP contribution in [0.5, 0.6) is 0 Å². The zero-order valence-electron chi connectivity index (χ0n) is 11.6. The number of hydrogen-bond acceptors (Lipinski definition) is 4. The van der Waals surface area contributed by atoms with Crippen LogP contribution in [0.3, 0.4) is 0 Å². The van der Waals surface area contributed by atoms with E-state index in [4.69, 9.17) is 32.8 Å². The molecule has 1 aromatic carbocycles. The third kappa shape index (κ3) is 4.82. The van der Waals surface area contributed by atoms with E-state index in [1.807, 2.05) is 0 Å². The Labute approximate surface area is 141 Å². The van der Waals surface area contributed by atoms with Gasteiger partial charge in [-0.05, 0) is 48.6 Å². The first-order valence-electron chi connectivity index (χ1n) is 6.39. The van der Waals surface area contributed by atoms with Gasteiger partial charge in [-0.15, -0.1) is 0 Å². The Hall–Kier alpha value is -2.34. The molecular formula is C16H11Cl2NO4. The molecule has 0 radical (unpaired) electrons. The van der Waals surface area contributed by atoms with Crippen LogP contribution in [-0.2, 0) is 4.79 Å². The Kier molecular flexibility index (Phi) is 5.76. The number of rotatable bonds is 5. The Morgan fingerprint density at radius 1 is 1.04 bits per heavy atom. The number of hydroxylamine groups is 1. The van der Waals surface area contributed by atoms with Gasteiger partial charge in [0.2, 0.25) is 0 Å². The van der Waals surface area contributed by atoms with E-state index in [0.29, 0.717) is 27.1 Å². The van der Waals surface area contributed by atoms with Crippen molar-refractivity contribution in [2.24, 2.45) is 0 Å². The first-order chi connectivity index (χ1) is 11.0. The van der Waals surface area contributed by atoms with E-state index in [2.05, 4.69) is 0 Å². The van der Waals surface area contributed by atoms with Gasteiger partial charge in [-0.3, -0.25) is 14.8 Å². The van der Waals surface area contributed by atoms with Gasteiger partial charge in [-0.2, -0.15) is 0 Å². The van der Waals surface area contributed by atoms with E-state index in [1.165, 1.54) is 29.8 Å². The Morgan fingerprint density at radius 3 is 2.35 bits per heavy atom. The monoisotopic (exact) mass is 351 g/mol. The largest absolute Gasteiger partial charge is 0.457 e. The molecule has 0 saturated heterocycles. The van der Waals surface area contributed by atoms with Crippen LogP contribution in [0.25, 0.3) is 12.2 Å². The van der Waals surface area contributed by atoms with E-state index in [1.54, 1.807) is 24.3 Å². The summed E-state index contributed by atoms with van der Waals surface area (Å²) in [6.07, 6.45) is 5.26. The predicted octanol–water partition coefficient (Wildman–Crippen LogP) is 4.00. The van der Waals surface area contributed by atoms with Gasteiger partial charge in [-0.25, -0.2) is 5.48 Å². The topological polar surface area (TPSA) is 79.5 Å². The first-order valence-corrected chi connectivity index (χ1v) is 7.14. The fourth-order valence-corrected chi connectivity index (χ4v) is 2.06. The summed E-state index contributed by atoms with van der Waals surface area (Å²) in [5.41, 5.74) is 1.75. The Balaban J connectivity index is 2.10. The van der Waals surface area contributed by atoms with Crippen molar-refractivity contribution >= 4 is 47.0 Å². The summed E-state index contributed by atoms with van der Waals surface area (Å²) in [4.78, 5) is 22.9. The summed E-state index contributed by atoms with van der Waals surface area (Å²) >= 11 is 11.8. The predicted molar refractivity (Wildman–Crippen MR) is 87.5 cm³/mol.